The van der Waals surface area contributed by atoms with Crippen LogP contribution in [0.5, 0.6) is 0 Å². The van der Waals surface area contributed by atoms with E-state index in [1.54, 1.807) is 0 Å². The molecule has 3 amide bonds. The number of aliphatic carboxylic acids is 1. The molecule has 2 aromatic carbocycles. The largest absolute Gasteiger partial charge is 0.481 e. The summed E-state index contributed by atoms with van der Waals surface area (Å²) in [4.78, 5) is 48.2. The van der Waals surface area contributed by atoms with E-state index in [1.165, 1.54) is 18.9 Å². The molecule has 1 unspecified atom stereocenters. The number of hydrogen-bond donors (Lipinski definition) is 3. The van der Waals surface area contributed by atoms with Crippen LogP contribution in [0.3, 0.4) is 0 Å². The molecule has 3 rings (SSSR count). The van der Waals surface area contributed by atoms with Gasteiger partial charge in [-0.25, -0.2) is 4.79 Å². The van der Waals surface area contributed by atoms with Gasteiger partial charge in [-0.05, 0) is 22.3 Å². The predicted molar refractivity (Wildman–Crippen MR) is 121 cm³/mol. The van der Waals surface area contributed by atoms with E-state index in [-0.39, 0.29) is 32.2 Å². The number of amides is 3. The van der Waals surface area contributed by atoms with Gasteiger partial charge in [0.05, 0.1) is 12.5 Å². The number of carboxylic acid groups (broad SMARTS) is 1. The average molecular weight is 453 g/mol. The van der Waals surface area contributed by atoms with Crippen LogP contribution in [0.2, 0.25) is 0 Å². The second-order valence-corrected chi connectivity index (χ2v) is 7.97. The fraction of sp³-hybridized carbons (Fsp3) is 0.333. The maximum Gasteiger partial charge on any atom is 0.407 e. The summed E-state index contributed by atoms with van der Waals surface area (Å²) in [5.74, 6) is -2.80. The van der Waals surface area contributed by atoms with Crippen molar-refractivity contribution in [1.82, 2.24) is 15.5 Å². The third kappa shape index (κ3) is 5.88. The molecular weight excluding hydrogens is 426 g/mol. The van der Waals surface area contributed by atoms with Crippen molar-refractivity contribution in [2.24, 2.45) is 5.92 Å². The molecule has 2 aromatic rings. The molecule has 9 heteroatoms. The van der Waals surface area contributed by atoms with Gasteiger partial charge in [0.2, 0.25) is 11.8 Å². The lowest BCUT2D eigenvalue weighted by Gasteiger charge is -2.19. The Morgan fingerprint density at radius 3 is 2.12 bits per heavy atom. The van der Waals surface area contributed by atoms with Gasteiger partial charge in [0.15, 0.2) is 0 Å². The summed E-state index contributed by atoms with van der Waals surface area (Å²) in [6.45, 7) is 1.00. The summed E-state index contributed by atoms with van der Waals surface area (Å²) >= 11 is 0. The molecule has 174 valence electrons. The maximum absolute atomic E-state index is 12.1. The minimum Gasteiger partial charge on any atom is -0.481 e. The normalized spacial score (nSPS) is 12.8. The van der Waals surface area contributed by atoms with Crippen LogP contribution in [-0.4, -0.2) is 67.2 Å². The minimum absolute atomic E-state index is 0.0298. The number of nitrogens with zero attached hydrogens (tertiary/aromatic N) is 1. The Bertz CT molecular complexity index is 1010. The SMILES string of the molecule is CC(CN(C)C(=O)CNC(=O)CNC(=O)OCC1c2ccccc2-c2ccccc21)C(=O)O. The number of carbonyl (C=O) groups excluding carboxylic acids is 3. The highest BCUT2D eigenvalue weighted by Gasteiger charge is 2.29. The summed E-state index contributed by atoms with van der Waals surface area (Å²) in [7, 11) is 1.46. The molecule has 0 aromatic heterocycles. The molecule has 1 aliphatic rings. The second kappa shape index (κ2) is 10.6. The molecule has 0 spiro atoms. The quantitative estimate of drug-likeness (QED) is 0.532. The van der Waals surface area contributed by atoms with E-state index in [0.29, 0.717) is 0 Å². The number of benzene rings is 2. The van der Waals surface area contributed by atoms with E-state index in [9.17, 15) is 19.2 Å². The first-order valence-corrected chi connectivity index (χ1v) is 10.6. The van der Waals surface area contributed by atoms with Crippen molar-refractivity contribution < 1.29 is 29.0 Å². The molecule has 3 N–H and O–H groups in total. The lowest BCUT2D eigenvalue weighted by Crippen LogP contribution is -2.44. The fourth-order valence-corrected chi connectivity index (χ4v) is 3.76. The van der Waals surface area contributed by atoms with Crippen molar-refractivity contribution in [2.75, 3.05) is 33.3 Å². The first-order valence-electron chi connectivity index (χ1n) is 10.6. The molecule has 9 nitrogen and oxygen atoms in total. The Morgan fingerprint density at radius 2 is 1.55 bits per heavy atom. The van der Waals surface area contributed by atoms with Crippen LogP contribution in [0.4, 0.5) is 4.79 Å². The third-order valence-corrected chi connectivity index (χ3v) is 5.57. The Kier molecular flexibility index (Phi) is 7.66. The van der Waals surface area contributed by atoms with Crippen LogP contribution in [0, 0.1) is 5.92 Å². The first kappa shape index (κ1) is 23.8. The lowest BCUT2D eigenvalue weighted by molar-refractivity contribution is -0.142. The zero-order valence-electron chi connectivity index (χ0n) is 18.5. The van der Waals surface area contributed by atoms with Gasteiger partial charge in [-0.15, -0.1) is 0 Å². The topological polar surface area (TPSA) is 125 Å². The molecular formula is C24H27N3O6. The van der Waals surface area contributed by atoms with E-state index in [0.717, 1.165) is 22.3 Å². The van der Waals surface area contributed by atoms with Gasteiger partial charge in [0.1, 0.15) is 13.2 Å². The zero-order chi connectivity index (χ0) is 24.0. The summed E-state index contributed by atoms with van der Waals surface area (Å²) in [5.41, 5.74) is 4.41. The molecule has 33 heavy (non-hydrogen) atoms. The van der Waals surface area contributed by atoms with Gasteiger partial charge in [0, 0.05) is 19.5 Å². The number of carboxylic acids is 1. The van der Waals surface area contributed by atoms with Gasteiger partial charge in [-0.2, -0.15) is 0 Å². The standard InChI is InChI=1S/C24H27N3O6/c1-15(23(30)31)13-27(2)22(29)12-25-21(28)11-26-24(32)33-14-20-18-9-5-3-7-16(18)17-8-4-6-10-19(17)20/h3-10,15,20H,11-14H2,1-2H3,(H,25,28)(H,26,32)(H,30,31). The van der Waals surface area contributed by atoms with E-state index in [1.807, 2.05) is 48.5 Å². The number of carbonyl (C=O) groups is 4. The predicted octanol–water partition coefficient (Wildman–Crippen LogP) is 1.82. The van der Waals surface area contributed by atoms with Gasteiger partial charge < -0.3 is 25.4 Å². The Morgan fingerprint density at radius 1 is 0.970 bits per heavy atom. The van der Waals surface area contributed by atoms with Crippen LogP contribution in [-0.2, 0) is 19.1 Å². The number of nitrogens with one attached hydrogen (secondary N) is 2. The molecule has 1 atom stereocenters. The van der Waals surface area contributed by atoms with Crippen LogP contribution in [0.25, 0.3) is 11.1 Å². The molecule has 0 fully saturated rings. The summed E-state index contributed by atoms with van der Waals surface area (Å²) in [6.07, 6.45) is -0.731. The van der Waals surface area contributed by atoms with E-state index in [4.69, 9.17) is 9.84 Å². The van der Waals surface area contributed by atoms with E-state index in [2.05, 4.69) is 10.6 Å². The van der Waals surface area contributed by atoms with Gasteiger partial charge in [-0.1, -0.05) is 55.5 Å². The van der Waals surface area contributed by atoms with E-state index >= 15 is 0 Å². The van der Waals surface area contributed by atoms with Gasteiger partial charge in [0.25, 0.3) is 0 Å². The molecule has 1 aliphatic carbocycles. The van der Waals surface area contributed by atoms with Gasteiger partial charge >= 0.3 is 12.1 Å². The first-order chi connectivity index (χ1) is 15.8. The van der Waals surface area contributed by atoms with Crippen molar-refractivity contribution in [3.63, 3.8) is 0 Å². The maximum atomic E-state index is 12.1. The lowest BCUT2D eigenvalue weighted by atomic mass is 9.98. The highest BCUT2D eigenvalue weighted by atomic mass is 16.5. The summed E-state index contributed by atoms with van der Waals surface area (Å²) in [5, 5.41) is 13.7. The Labute approximate surface area is 191 Å². The van der Waals surface area contributed by atoms with Crippen molar-refractivity contribution in [3.05, 3.63) is 59.7 Å². The number of hydrogen-bond acceptors (Lipinski definition) is 5. The van der Waals surface area contributed by atoms with Crippen molar-refractivity contribution in [1.29, 1.82) is 0 Å². The van der Waals surface area contributed by atoms with Crippen molar-refractivity contribution >= 4 is 23.9 Å². The Hall–Kier alpha value is -3.88. The van der Waals surface area contributed by atoms with Crippen molar-refractivity contribution in [2.45, 2.75) is 12.8 Å². The monoisotopic (exact) mass is 453 g/mol. The van der Waals surface area contributed by atoms with Crippen molar-refractivity contribution in [3.8, 4) is 11.1 Å². The molecule has 0 heterocycles. The molecule has 0 saturated carbocycles. The highest BCUT2D eigenvalue weighted by molar-refractivity contribution is 5.87. The molecule has 0 bridgehead atoms. The summed E-state index contributed by atoms with van der Waals surface area (Å²) < 4.78 is 5.36. The average Bonchev–Trinajstić information content (AvgIpc) is 3.13. The molecule has 0 aliphatic heterocycles. The van der Waals surface area contributed by atoms with E-state index < -0.39 is 29.8 Å². The van der Waals surface area contributed by atoms with Gasteiger partial charge in [-0.3, -0.25) is 14.4 Å². The van der Waals surface area contributed by atoms with Crippen LogP contribution < -0.4 is 10.6 Å². The number of rotatable bonds is 9. The Balaban J connectivity index is 1.42. The second-order valence-electron chi connectivity index (χ2n) is 7.97. The fourth-order valence-electron chi connectivity index (χ4n) is 3.76. The number of fused-ring (bicyclic) bond motifs is 3. The van der Waals surface area contributed by atoms with Crippen LogP contribution in [0.15, 0.2) is 48.5 Å². The highest BCUT2D eigenvalue weighted by Crippen LogP contribution is 2.44. The third-order valence-electron chi connectivity index (χ3n) is 5.57. The summed E-state index contributed by atoms with van der Waals surface area (Å²) in [6, 6.07) is 15.9. The zero-order valence-corrected chi connectivity index (χ0v) is 18.5. The number of ether oxygens (including phenoxy) is 1. The molecule has 0 saturated heterocycles. The van der Waals surface area contributed by atoms with Crippen LogP contribution >= 0.6 is 0 Å². The minimum atomic E-state index is -1.01. The molecule has 0 radical (unpaired) electrons. The smallest absolute Gasteiger partial charge is 0.407 e. The number of likely N-dealkylation sites (N-methyl/N-ethyl adjacent to an activating group) is 1. The number of alkyl carbamates (subject to hydrolysis) is 1. The van der Waals surface area contributed by atoms with Crippen LogP contribution in [0.1, 0.15) is 24.0 Å².